The lowest BCUT2D eigenvalue weighted by atomic mass is 10.00. The van der Waals surface area contributed by atoms with Crippen molar-refractivity contribution >= 4 is 11.9 Å². The summed E-state index contributed by atoms with van der Waals surface area (Å²) in [6.07, 6.45) is 2.22. The topological polar surface area (TPSA) is 57.4 Å². The van der Waals surface area contributed by atoms with Crippen LogP contribution in [0.25, 0.3) is 0 Å². The van der Waals surface area contributed by atoms with Crippen molar-refractivity contribution in [3.63, 3.8) is 0 Å². The van der Waals surface area contributed by atoms with E-state index in [2.05, 4.69) is 39.2 Å². The van der Waals surface area contributed by atoms with Crippen LogP contribution in [0.2, 0.25) is 0 Å². The first-order valence-electron chi connectivity index (χ1n) is 9.29. The van der Waals surface area contributed by atoms with Crippen molar-refractivity contribution in [2.75, 3.05) is 33.8 Å². The van der Waals surface area contributed by atoms with Crippen molar-refractivity contribution < 1.29 is 9.84 Å². The molecule has 5 heteroatoms. The molecule has 142 valence electrons. The summed E-state index contributed by atoms with van der Waals surface area (Å²) in [7, 11) is 3.46. The molecule has 0 bridgehead atoms. The molecule has 0 aromatic heterocycles. The largest absolute Gasteiger partial charge is 0.491 e. The predicted molar refractivity (Wildman–Crippen MR) is 110 cm³/mol. The van der Waals surface area contributed by atoms with Gasteiger partial charge in [0.25, 0.3) is 0 Å². The summed E-state index contributed by atoms with van der Waals surface area (Å²) in [4.78, 5) is 10.5. The highest BCUT2D eigenvalue weighted by atomic mass is 16.5. The predicted octanol–water partition coefficient (Wildman–Crippen LogP) is 2.60. The lowest BCUT2D eigenvalue weighted by Crippen LogP contribution is -2.38. The molecule has 1 N–H and O–H groups in total. The molecular weight excluding hydrogens is 338 g/mol. The van der Waals surface area contributed by atoms with E-state index in [0.29, 0.717) is 6.54 Å². The minimum Gasteiger partial charge on any atom is -0.491 e. The fraction of sp³-hybridized carbons (Fsp3) is 0.364. The molecule has 1 aliphatic heterocycles. The number of aliphatic imine (C=N–C) groups is 2. The Hall–Kier alpha value is -2.50. The van der Waals surface area contributed by atoms with Crippen LogP contribution in [-0.2, 0) is 13.0 Å². The maximum absolute atomic E-state index is 10.4. The Morgan fingerprint density at radius 2 is 2.00 bits per heavy atom. The molecule has 0 fully saturated rings. The van der Waals surface area contributed by atoms with Gasteiger partial charge in [0.15, 0.2) is 0 Å². The van der Waals surface area contributed by atoms with Gasteiger partial charge in [0, 0.05) is 45.5 Å². The van der Waals surface area contributed by atoms with Gasteiger partial charge in [-0.15, -0.1) is 0 Å². The molecule has 3 rings (SSSR count). The van der Waals surface area contributed by atoms with Crippen LogP contribution in [0, 0.1) is 0 Å². The molecule has 2 aromatic rings. The van der Waals surface area contributed by atoms with Gasteiger partial charge in [0.05, 0.1) is 5.71 Å². The van der Waals surface area contributed by atoms with E-state index in [4.69, 9.17) is 4.74 Å². The summed E-state index contributed by atoms with van der Waals surface area (Å²) in [5.41, 5.74) is 4.52. The Labute approximate surface area is 161 Å². The molecular formula is C22H27N3O2. The molecule has 1 atom stereocenters. The normalized spacial score (nSPS) is 16.3. The van der Waals surface area contributed by atoms with Gasteiger partial charge in [0.1, 0.15) is 18.5 Å². The van der Waals surface area contributed by atoms with Gasteiger partial charge in [-0.25, -0.2) is 0 Å². The molecule has 1 heterocycles. The van der Waals surface area contributed by atoms with Crippen LogP contribution >= 0.6 is 0 Å². The molecule has 27 heavy (non-hydrogen) atoms. The number of benzene rings is 2. The minimum atomic E-state index is -0.532. The standard InChI is InChI=1S/C22H27N3O2/c1-23-13-22(24-2)18-8-5-9-21(12-18)27-16-20(26)15-25-11-10-17-6-3-4-7-19(17)14-25/h3-9,12-13,20,26H,10-11,14-16H2,1-2H3. The Balaban J connectivity index is 1.53. The number of ether oxygens (including phenoxy) is 1. The second kappa shape index (κ2) is 9.44. The van der Waals surface area contributed by atoms with Crippen LogP contribution in [0.1, 0.15) is 16.7 Å². The number of β-amino-alcohol motifs (C(OH)–C–C–N with tert-alkyl or cyclic N) is 1. The maximum Gasteiger partial charge on any atom is 0.120 e. The number of rotatable bonds is 7. The quantitative estimate of drug-likeness (QED) is 0.768. The number of nitrogens with zero attached hydrogens (tertiary/aromatic N) is 3. The summed E-state index contributed by atoms with van der Waals surface area (Å²) in [6.45, 7) is 2.73. The van der Waals surface area contributed by atoms with Crippen LogP contribution in [0.15, 0.2) is 58.5 Å². The van der Waals surface area contributed by atoms with Crippen LogP contribution in [0.5, 0.6) is 5.75 Å². The lowest BCUT2D eigenvalue weighted by Gasteiger charge is -2.30. The summed E-state index contributed by atoms with van der Waals surface area (Å²) >= 11 is 0. The van der Waals surface area contributed by atoms with Crippen molar-refractivity contribution in [2.45, 2.75) is 19.1 Å². The summed E-state index contributed by atoms with van der Waals surface area (Å²) in [6, 6.07) is 16.2. The zero-order valence-corrected chi connectivity index (χ0v) is 16.0. The molecule has 0 amide bonds. The molecule has 2 aromatic carbocycles. The van der Waals surface area contributed by atoms with Crippen molar-refractivity contribution in [1.29, 1.82) is 0 Å². The third-order valence-corrected chi connectivity index (χ3v) is 4.74. The highest BCUT2D eigenvalue weighted by Crippen LogP contribution is 2.19. The average Bonchev–Trinajstić information content (AvgIpc) is 2.70. The van der Waals surface area contributed by atoms with E-state index in [1.165, 1.54) is 11.1 Å². The van der Waals surface area contributed by atoms with Gasteiger partial charge >= 0.3 is 0 Å². The van der Waals surface area contributed by atoms with Crippen molar-refractivity contribution in [1.82, 2.24) is 4.90 Å². The zero-order chi connectivity index (χ0) is 19.1. The first-order valence-corrected chi connectivity index (χ1v) is 9.29. The highest BCUT2D eigenvalue weighted by molar-refractivity contribution is 6.38. The van der Waals surface area contributed by atoms with Gasteiger partial charge in [0.2, 0.25) is 0 Å². The SMILES string of the molecule is CN=CC(=NC)c1cccc(OCC(O)CN2CCc3ccccc3C2)c1. The van der Waals surface area contributed by atoms with E-state index in [1.807, 2.05) is 24.3 Å². The zero-order valence-electron chi connectivity index (χ0n) is 16.0. The monoisotopic (exact) mass is 365 g/mol. The fourth-order valence-corrected chi connectivity index (χ4v) is 3.38. The second-order valence-electron chi connectivity index (χ2n) is 6.74. The summed E-state index contributed by atoms with van der Waals surface area (Å²) in [5.74, 6) is 0.723. The first-order chi connectivity index (χ1) is 13.2. The smallest absolute Gasteiger partial charge is 0.120 e. The van der Waals surface area contributed by atoms with Gasteiger partial charge in [-0.1, -0.05) is 36.4 Å². The molecule has 1 aliphatic rings. The van der Waals surface area contributed by atoms with Crippen molar-refractivity contribution in [3.8, 4) is 5.75 Å². The molecule has 0 spiro atoms. The first kappa shape index (κ1) is 19.3. The third kappa shape index (κ3) is 5.25. The third-order valence-electron chi connectivity index (χ3n) is 4.74. The second-order valence-corrected chi connectivity index (χ2v) is 6.74. The Morgan fingerprint density at radius 3 is 2.78 bits per heavy atom. The Bertz CT molecular complexity index is 817. The molecule has 0 saturated carbocycles. The van der Waals surface area contributed by atoms with Gasteiger partial charge in [-0.05, 0) is 29.7 Å². The maximum atomic E-state index is 10.4. The number of aliphatic hydroxyl groups excluding tert-OH is 1. The Morgan fingerprint density at radius 1 is 1.19 bits per heavy atom. The molecule has 1 unspecified atom stereocenters. The van der Waals surface area contributed by atoms with E-state index in [-0.39, 0.29) is 6.61 Å². The van der Waals surface area contributed by atoms with E-state index in [9.17, 15) is 5.11 Å². The number of hydrogen-bond acceptors (Lipinski definition) is 5. The van der Waals surface area contributed by atoms with E-state index < -0.39 is 6.10 Å². The van der Waals surface area contributed by atoms with Gasteiger partial charge in [-0.2, -0.15) is 0 Å². The van der Waals surface area contributed by atoms with Crippen LogP contribution in [-0.4, -0.2) is 61.8 Å². The summed E-state index contributed by atoms with van der Waals surface area (Å²) in [5, 5.41) is 10.4. The highest BCUT2D eigenvalue weighted by Gasteiger charge is 2.18. The van der Waals surface area contributed by atoms with E-state index >= 15 is 0 Å². The van der Waals surface area contributed by atoms with Gasteiger partial charge in [-0.3, -0.25) is 14.9 Å². The molecule has 0 aliphatic carbocycles. The van der Waals surface area contributed by atoms with Crippen LogP contribution < -0.4 is 4.74 Å². The molecule has 0 saturated heterocycles. The molecule has 0 radical (unpaired) electrons. The van der Waals surface area contributed by atoms with Gasteiger partial charge < -0.3 is 9.84 Å². The minimum absolute atomic E-state index is 0.266. The van der Waals surface area contributed by atoms with Crippen LogP contribution in [0.4, 0.5) is 0 Å². The average molecular weight is 365 g/mol. The van der Waals surface area contributed by atoms with Crippen molar-refractivity contribution in [3.05, 3.63) is 65.2 Å². The Kier molecular flexibility index (Phi) is 6.74. The van der Waals surface area contributed by atoms with E-state index in [0.717, 1.165) is 36.5 Å². The van der Waals surface area contributed by atoms with Crippen molar-refractivity contribution in [2.24, 2.45) is 9.98 Å². The number of fused-ring (bicyclic) bond motifs is 1. The van der Waals surface area contributed by atoms with Crippen LogP contribution in [0.3, 0.4) is 0 Å². The lowest BCUT2D eigenvalue weighted by molar-refractivity contribution is 0.0638. The van der Waals surface area contributed by atoms with E-state index in [1.54, 1.807) is 20.3 Å². The number of aliphatic hydroxyl groups is 1. The summed E-state index contributed by atoms with van der Waals surface area (Å²) < 4.78 is 5.82. The number of hydrogen-bond donors (Lipinski definition) is 1. The molecule has 5 nitrogen and oxygen atoms in total. The fourth-order valence-electron chi connectivity index (χ4n) is 3.38.